The minimum absolute atomic E-state index is 0.0337. The van der Waals surface area contributed by atoms with Crippen LogP contribution in [0.25, 0.3) is 22.1 Å². The molecule has 0 aliphatic carbocycles. The van der Waals surface area contributed by atoms with Crippen molar-refractivity contribution in [2.45, 2.75) is 6.18 Å². The summed E-state index contributed by atoms with van der Waals surface area (Å²) in [7, 11) is 0. The molecule has 2 aromatic carbocycles. The summed E-state index contributed by atoms with van der Waals surface area (Å²) in [5, 5.41) is 1.63. The Morgan fingerprint density at radius 2 is 1.80 bits per heavy atom. The highest BCUT2D eigenvalue weighted by Gasteiger charge is 2.39. The standard InChI is InChI=1S/C21H10BrF3O4S/c22-12-5-3-11(4-6-12)17-18(26)14-8-7-13(28-20(27)16-2-1-9-30-16)10-15(14)29-19(17)21(23,24)25/h1-10H. The lowest BCUT2D eigenvalue weighted by atomic mass is 10.0. The zero-order valence-corrected chi connectivity index (χ0v) is 17.2. The summed E-state index contributed by atoms with van der Waals surface area (Å²) in [6.07, 6.45) is -4.90. The third-order valence-electron chi connectivity index (χ3n) is 4.19. The maximum absolute atomic E-state index is 13.7. The van der Waals surface area contributed by atoms with Gasteiger partial charge in [-0.1, -0.05) is 34.1 Å². The minimum Gasteiger partial charge on any atom is -0.450 e. The molecular weight excluding hydrogens is 485 g/mol. The number of benzene rings is 2. The van der Waals surface area contributed by atoms with Gasteiger partial charge < -0.3 is 9.15 Å². The van der Waals surface area contributed by atoms with E-state index in [9.17, 15) is 22.8 Å². The van der Waals surface area contributed by atoms with Gasteiger partial charge in [0, 0.05) is 10.5 Å². The van der Waals surface area contributed by atoms with E-state index in [2.05, 4.69) is 15.9 Å². The van der Waals surface area contributed by atoms with Gasteiger partial charge >= 0.3 is 12.1 Å². The lowest BCUT2D eigenvalue weighted by molar-refractivity contribution is -0.152. The van der Waals surface area contributed by atoms with Gasteiger partial charge in [0.25, 0.3) is 0 Å². The van der Waals surface area contributed by atoms with Crippen LogP contribution in [0.1, 0.15) is 15.4 Å². The molecule has 2 aromatic heterocycles. The van der Waals surface area contributed by atoms with Gasteiger partial charge in [0.1, 0.15) is 16.2 Å². The van der Waals surface area contributed by atoms with Gasteiger partial charge in [0.2, 0.25) is 11.2 Å². The lowest BCUT2D eigenvalue weighted by Crippen LogP contribution is -2.16. The Bertz CT molecular complexity index is 1290. The highest BCUT2D eigenvalue weighted by Crippen LogP contribution is 2.38. The molecule has 0 atom stereocenters. The Labute approximate surface area is 179 Å². The van der Waals surface area contributed by atoms with E-state index in [1.54, 1.807) is 17.5 Å². The van der Waals surface area contributed by atoms with Crippen molar-refractivity contribution in [3.8, 4) is 16.9 Å². The quantitative estimate of drug-likeness (QED) is 0.240. The average Bonchev–Trinajstić information content (AvgIpc) is 3.23. The summed E-state index contributed by atoms with van der Waals surface area (Å²) in [6.45, 7) is 0. The first-order chi connectivity index (χ1) is 14.2. The van der Waals surface area contributed by atoms with Crippen molar-refractivity contribution in [3.05, 3.63) is 85.3 Å². The van der Waals surface area contributed by atoms with Crippen molar-refractivity contribution in [2.24, 2.45) is 0 Å². The molecule has 0 N–H and O–H groups in total. The predicted molar refractivity (Wildman–Crippen MR) is 110 cm³/mol. The summed E-state index contributed by atoms with van der Waals surface area (Å²) in [5.41, 5.74) is -1.66. The zero-order valence-electron chi connectivity index (χ0n) is 14.8. The molecule has 4 aromatic rings. The Hall–Kier alpha value is -2.91. The van der Waals surface area contributed by atoms with Crippen LogP contribution in [0.2, 0.25) is 0 Å². The highest BCUT2D eigenvalue weighted by atomic mass is 79.9. The van der Waals surface area contributed by atoms with Crippen molar-refractivity contribution < 1.29 is 27.1 Å². The third-order valence-corrected chi connectivity index (χ3v) is 5.57. The van der Waals surface area contributed by atoms with Crippen LogP contribution in [0.3, 0.4) is 0 Å². The van der Waals surface area contributed by atoms with Crippen molar-refractivity contribution in [1.29, 1.82) is 0 Å². The maximum atomic E-state index is 13.7. The molecule has 0 radical (unpaired) electrons. The topological polar surface area (TPSA) is 56.5 Å². The van der Waals surface area contributed by atoms with Crippen LogP contribution in [0.15, 0.2) is 73.7 Å². The van der Waals surface area contributed by atoms with Crippen LogP contribution in [0.4, 0.5) is 13.2 Å². The molecule has 0 spiro atoms. The summed E-state index contributed by atoms with van der Waals surface area (Å²) in [4.78, 5) is 25.3. The number of hydrogen-bond donors (Lipinski definition) is 0. The van der Waals surface area contributed by atoms with Gasteiger partial charge in [-0.15, -0.1) is 11.3 Å². The van der Waals surface area contributed by atoms with Gasteiger partial charge in [0.15, 0.2) is 0 Å². The molecule has 4 rings (SSSR count). The van der Waals surface area contributed by atoms with E-state index in [1.165, 1.54) is 36.4 Å². The zero-order chi connectivity index (χ0) is 21.5. The number of ether oxygens (including phenoxy) is 1. The summed E-state index contributed by atoms with van der Waals surface area (Å²) >= 11 is 4.37. The molecular formula is C21H10BrF3O4S. The number of esters is 1. The van der Waals surface area contributed by atoms with Crippen LogP contribution in [0, 0.1) is 0 Å². The van der Waals surface area contributed by atoms with E-state index < -0.39 is 28.9 Å². The van der Waals surface area contributed by atoms with Crippen molar-refractivity contribution in [2.75, 3.05) is 0 Å². The molecule has 2 heterocycles. The molecule has 0 saturated heterocycles. The number of alkyl halides is 3. The Balaban J connectivity index is 1.86. The normalized spacial score (nSPS) is 11.6. The molecule has 30 heavy (non-hydrogen) atoms. The summed E-state index contributed by atoms with van der Waals surface area (Å²) in [6, 6.07) is 12.8. The second-order valence-electron chi connectivity index (χ2n) is 6.16. The predicted octanol–water partition coefficient (Wildman–Crippen LogP) is 6.52. The molecule has 0 bridgehead atoms. The largest absolute Gasteiger partial charge is 0.450 e. The molecule has 0 unspecified atom stereocenters. The molecule has 152 valence electrons. The van der Waals surface area contributed by atoms with Crippen molar-refractivity contribution >= 4 is 44.2 Å². The molecule has 0 fully saturated rings. The molecule has 0 aliphatic rings. The number of hydrogen-bond acceptors (Lipinski definition) is 5. The number of thiophene rings is 1. The Morgan fingerprint density at radius 3 is 2.43 bits per heavy atom. The Kier molecular flexibility index (Phi) is 5.25. The van der Waals surface area contributed by atoms with Crippen LogP contribution >= 0.6 is 27.3 Å². The lowest BCUT2D eigenvalue weighted by Gasteiger charge is -2.13. The summed E-state index contributed by atoms with van der Waals surface area (Å²) in [5.74, 6) is -2.10. The fraction of sp³-hybridized carbons (Fsp3) is 0.0476. The Morgan fingerprint density at radius 1 is 1.07 bits per heavy atom. The second-order valence-corrected chi connectivity index (χ2v) is 8.03. The van der Waals surface area contributed by atoms with E-state index in [-0.39, 0.29) is 22.3 Å². The fourth-order valence-electron chi connectivity index (χ4n) is 2.87. The first-order valence-electron chi connectivity index (χ1n) is 8.44. The highest BCUT2D eigenvalue weighted by molar-refractivity contribution is 9.10. The number of carbonyl (C=O) groups excluding carboxylic acids is 1. The van der Waals surface area contributed by atoms with E-state index in [0.717, 1.165) is 17.4 Å². The third kappa shape index (κ3) is 3.90. The van der Waals surface area contributed by atoms with E-state index in [4.69, 9.17) is 9.15 Å². The van der Waals surface area contributed by atoms with Crippen LogP contribution in [-0.2, 0) is 6.18 Å². The maximum Gasteiger partial charge on any atom is 0.450 e. The van der Waals surface area contributed by atoms with E-state index in [1.807, 2.05) is 0 Å². The molecule has 4 nitrogen and oxygen atoms in total. The molecule has 9 heteroatoms. The fourth-order valence-corrected chi connectivity index (χ4v) is 3.73. The number of fused-ring (bicyclic) bond motifs is 1. The van der Waals surface area contributed by atoms with Gasteiger partial charge in [-0.25, -0.2) is 4.79 Å². The molecule has 0 aliphatic heterocycles. The number of halogens is 4. The molecule has 0 saturated carbocycles. The van der Waals surface area contributed by atoms with E-state index in [0.29, 0.717) is 9.35 Å². The van der Waals surface area contributed by atoms with Gasteiger partial charge in [-0.3, -0.25) is 4.79 Å². The average molecular weight is 495 g/mol. The SMILES string of the molecule is O=C(Oc1ccc2c(=O)c(-c3ccc(Br)cc3)c(C(F)(F)F)oc2c1)c1cccs1. The monoisotopic (exact) mass is 494 g/mol. The van der Waals surface area contributed by atoms with Gasteiger partial charge in [-0.2, -0.15) is 13.2 Å². The molecule has 0 amide bonds. The first kappa shape index (κ1) is 20.4. The van der Waals surface area contributed by atoms with Crippen molar-refractivity contribution in [1.82, 2.24) is 0 Å². The van der Waals surface area contributed by atoms with Crippen LogP contribution in [0.5, 0.6) is 5.75 Å². The number of rotatable bonds is 3. The second kappa shape index (κ2) is 7.73. The minimum atomic E-state index is -4.90. The van der Waals surface area contributed by atoms with Crippen molar-refractivity contribution in [3.63, 3.8) is 0 Å². The number of carbonyl (C=O) groups is 1. The van der Waals surface area contributed by atoms with Gasteiger partial charge in [0.05, 0.1) is 10.9 Å². The first-order valence-corrected chi connectivity index (χ1v) is 10.1. The summed E-state index contributed by atoms with van der Waals surface area (Å²) < 4.78 is 52.0. The smallest absolute Gasteiger partial charge is 0.450 e. The van der Waals surface area contributed by atoms with Crippen LogP contribution in [-0.4, -0.2) is 5.97 Å². The van der Waals surface area contributed by atoms with Gasteiger partial charge in [-0.05, 0) is 41.3 Å². The van der Waals surface area contributed by atoms with Crippen LogP contribution < -0.4 is 10.2 Å². The van der Waals surface area contributed by atoms with E-state index >= 15 is 0 Å².